The van der Waals surface area contributed by atoms with Crippen LogP contribution in [0.2, 0.25) is 0 Å². The maximum atomic E-state index is 14.2. The molecule has 0 spiro atoms. The summed E-state index contributed by atoms with van der Waals surface area (Å²) in [6.45, 7) is 1.81. The fourth-order valence-corrected chi connectivity index (χ4v) is 2.22. The molecule has 0 radical (unpaired) electrons. The number of para-hydroxylation sites is 1. The number of aromatic nitrogens is 1. The number of carbonyl (C=O) groups is 1. The third-order valence-corrected chi connectivity index (χ3v) is 3.41. The third-order valence-electron chi connectivity index (χ3n) is 3.41. The number of ether oxygens (including phenoxy) is 1. The third kappa shape index (κ3) is 4.32. The van der Waals surface area contributed by atoms with E-state index in [0.29, 0.717) is 5.75 Å². The Labute approximate surface area is 148 Å². The Hall–Kier alpha value is -3.48. The van der Waals surface area contributed by atoms with Crippen molar-refractivity contribution in [2.24, 2.45) is 0 Å². The number of hydrogen-bond acceptors (Lipinski definition) is 3. The minimum Gasteiger partial charge on any atom is -0.457 e. The molecule has 0 saturated heterocycles. The minimum absolute atomic E-state index is 0.00146. The summed E-state index contributed by atoms with van der Waals surface area (Å²) in [5.41, 5.74) is 0.710. The quantitative estimate of drug-likeness (QED) is 0.684. The first-order valence-electron chi connectivity index (χ1n) is 7.74. The molecule has 7 heteroatoms. The number of rotatable bonds is 4. The van der Waals surface area contributed by atoms with E-state index in [0.717, 1.165) is 11.8 Å². The summed E-state index contributed by atoms with van der Waals surface area (Å²) in [5, 5.41) is 4.65. The molecule has 0 bridgehead atoms. The average Bonchev–Trinajstić information content (AvgIpc) is 2.59. The summed E-state index contributed by atoms with van der Waals surface area (Å²) in [4.78, 5) is 16.0. The first-order chi connectivity index (χ1) is 12.5. The van der Waals surface area contributed by atoms with E-state index in [2.05, 4.69) is 15.6 Å². The van der Waals surface area contributed by atoms with Crippen LogP contribution in [0, 0.1) is 18.6 Å². The molecule has 26 heavy (non-hydrogen) atoms. The fourth-order valence-electron chi connectivity index (χ4n) is 2.22. The molecule has 0 unspecified atom stereocenters. The summed E-state index contributed by atoms with van der Waals surface area (Å²) in [5.74, 6) is -0.473. The van der Waals surface area contributed by atoms with E-state index in [9.17, 15) is 13.6 Å². The Morgan fingerprint density at radius 2 is 1.62 bits per heavy atom. The lowest BCUT2D eigenvalue weighted by atomic mass is 10.2. The molecular formula is C19H15F2N3O2. The number of urea groups is 1. The van der Waals surface area contributed by atoms with Gasteiger partial charge in [0, 0.05) is 24.0 Å². The molecule has 0 fully saturated rings. The zero-order valence-electron chi connectivity index (χ0n) is 13.8. The van der Waals surface area contributed by atoms with Gasteiger partial charge >= 0.3 is 6.03 Å². The van der Waals surface area contributed by atoms with Gasteiger partial charge in [0.25, 0.3) is 0 Å². The second-order valence-corrected chi connectivity index (χ2v) is 5.44. The van der Waals surface area contributed by atoms with Crippen LogP contribution in [-0.4, -0.2) is 11.0 Å². The van der Waals surface area contributed by atoms with Gasteiger partial charge in [-0.05, 0) is 37.3 Å². The van der Waals surface area contributed by atoms with Crippen LogP contribution in [0.5, 0.6) is 11.5 Å². The van der Waals surface area contributed by atoms with Crippen molar-refractivity contribution < 1.29 is 18.3 Å². The number of nitrogens with zero attached hydrogens (tertiary/aromatic N) is 1. The van der Waals surface area contributed by atoms with Crippen molar-refractivity contribution in [1.82, 2.24) is 4.98 Å². The van der Waals surface area contributed by atoms with Crippen molar-refractivity contribution in [3.05, 3.63) is 78.1 Å². The van der Waals surface area contributed by atoms with Crippen LogP contribution in [0.25, 0.3) is 0 Å². The van der Waals surface area contributed by atoms with E-state index in [1.807, 2.05) is 6.92 Å². The second kappa shape index (κ2) is 7.60. The zero-order valence-corrected chi connectivity index (χ0v) is 13.8. The van der Waals surface area contributed by atoms with Crippen LogP contribution in [0.4, 0.5) is 25.0 Å². The molecular weight excluding hydrogens is 340 g/mol. The van der Waals surface area contributed by atoms with Crippen molar-refractivity contribution in [2.75, 3.05) is 10.6 Å². The number of aryl methyl sites for hydroxylation is 1. The summed E-state index contributed by atoms with van der Waals surface area (Å²) in [7, 11) is 0. The summed E-state index contributed by atoms with van der Waals surface area (Å²) < 4.78 is 33.3. The van der Waals surface area contributed by atoms with Crippen molar-refractivity contribution in [3.63, 3.8) is 0 Å². The number of carbonyl (C=O) groups excluding carboxylic acids is 1. The van der Waals surface area contributed by atoms with Crippen LogP contribution in [0.1, 0.15) is 5.69 Å². The average molecular weight is 355 g/mol. The van der Waals surface area contributed by atoms with Gasteiger partial charge in [-0.3, -0.25) is 4.98 Å². The molecule has 1 aromatic heterocycles. The number of anilines is 2. The Morgan fingerprint density at radius 1 is 0.923 bits per heavy atom. The molecule has 2 amide bonds. The number of pyridine rings is 1. The van der Waals surface area contributed by atoms with Crippen molar-refractivity contribution in [2.45, 2.75) is 6.92 Å². The lowest BCUT2D eigenvalue weighted by Crippen LogP contribution is -2.20. The summed E-state index contributed by atoms with van der Waals surface area (Å²) >= 11 is 0. The van der Waals surface area contributed by atoms with Gasteiger partial charge < -0.3 is 15.4 Å². The van der Waals surface area contributed by atoms with E-state index in [1.165, 1.54) is 30.3 Å². The van der Waals surface area contributed by atoms with Crippen molar-refractivity contribution in [1.29, 1.82) is 0 Å². The Morgan fingerprint density at radius 3 is 2.31 bits per heavy atom. The Kier molecular flexibility index (Phi) is 5.07. The van der Waals surface area contributed by atoms with Gasteiger partial charge in [-0.25, -0.2) is 13.6 Å². The van der Waals surface area contributed by atoms with Crippen LogP contribution >= 0.6 is 0 Å². The number of nitrogens with one attached hydrogen (secondary N) is 2. The highest BCUT2D eigenvalue weighted by molar-refractivity contribution is 5.99. The Balaban J connectivity index is 1.67. The SMILES string of the molecule is Cc1cc(Oc2ccc(NC(=O)Nc3ccccc3F)c(F)c2)ccn1. The van der Waals surface area contributed by atoms with Gasteiger partial charge in [0.15, 0.2) is 0 Å². The lowest BCUT2D eigenvalue weighted by Gasteiger charge is -2.11. The van der Waals surface area contributed by atoms with E-state index >= 15 is 0 Å². The highest BCUT2D eigenvalue weighted by Gasteiger charge is 2.10. The zero-order chi connectivity index (χ0) is 18.5. The molecule has 0 aliphatic carbocycles. The molecule has 1 heterocycles. The maximum absolute atomic E-state index is 14.2. The molecule has 2 N–H and O–H groups in total. The molecule has 132 valence electrons. The predicted octanol–water partition coefficient (Wildman–Crippen LogP) is 5.10. The molecule has 0 aliphatic heterocycles. The van der Waals surface area contributed by atoms with Crippen LogP contribution in [0.15, 0.2) is 60.8 Å². The van der Waals surface area contributed by atoms with E-state index in [-0.39, 0.29) is 17.1 Å². The van der Waals surface area contributed by atoms with Crippen LogP contribution in [0.3, 0.4) is 0 Å². The monoisotopic (exact) mass is 355 g/mol. The number of hydrogen-bond donors (Lipinski definition) is 2. The second-order valence-electron chi connectivity index (χ2n) is 5.44. The first kappa shape index (κ1) is 17.3. The maximum Gasteiger partial charge on any atom is 0.323 e. The Bertz CT molecular complexity index is 948. The summed E-state index contributed by atoms with van der Waals surface area (Å²) in [6.07, 6.45) is 1.59. The van der Waals surface area contributed by atoms with E-state index < -0.39 is 17.7 Å². The van der Waals surface area contributed by atoms with Gasteiger partial charge in [0.05, 0.1) is 11.4 Å². The largest absolute Gasteiger partial charge is 0.457 e. The van der Waals surface area contributed by atoms with Gasteiger partial charge in [0.1, 0.15) is 23.1 Å². The fraction of sp³-hybridized carbons (Fsp3) is 0.0526. The van der Waals surface area contributed by atoms with Gasteiger partial charge in [0.2, 0.25) is 0 Å². The van der Waals surface area contributed by atoms with Gasteiger partial charge in [-0.15, -0.1) is 0 Å². The van der Waals surface area contributed by atoms with E-state index in [1.54, 1.807) is 24.4 Å². The lowest BCUT2D eigenvalue weighted by molar-refractivity contribution is 0.262. The first-order valence-corrected chi connectivity index (χ1v) is 7.74. The highest BCUT2D eigenvalue weighted by Crippen LogP contribution is 2.26. The molecule has 0 aliphatic rings. The van der Waals surface area contributed by atoms with Crippen molar-refractivity contribution in [3.8, 4) is 11.5 Å². The standard InChI is InChI=1S/C19H15F2N3O2/c1-12-10-14(8-9-22-12)26-13-6-7-18(16(21)11-13)24-19(25)23-17-5-3-2-4-15(17)20/h2-11H,1H3,(H2,23,24,25). The highest BCUT2D eigenvalue weighted by atomic mass is 19.1. The molecule has 0 atom stereocenters. The predicted molar refractivity (Wildman–Crippen MR) is 94.5 cm³/mol. The molecule has 2 aromatic carbocycles. The molecule has 3 rings (SSSR count). The molecule has 3 aromatic rings. The number of amides is 2. The smallest absolute Gasteiger partial charge is 0.323 e. The topological polar surface area (TPSA) is 63.2 Å². The van der Waals surface area contributed by atoms with Crippen LogP contribution < -0.4 is 15.4 Å². The van der Waals surface area contributed by atoms with Crippen molar-refractivity contribution >= 4 is 17.4 Å². The van der Waals surface area contributed by atoms with Crippen LogP contribution in [-0.2, 0) is 0 Å². The number of benzene rings is 2. The minimum atomic E-state index is -0.757. The normalized spacial score (nSPS) is 10.3. The number of halogens is 2. The van der Waals surface area contributed by atoms with Gasteiger partial charge in [-0.1, -0.05) is 12.1 Å². The van der Waals surface area contributed by atoms with E-state index in [4.69, 9.17) is 4.74 Å². The summed E-state index contributed by atoms with van der Waals surface area (Å²) in [6, 6.07) is 12.3. The molecule has 5 nitrogen and oxygen atoms in total. The molecule has 0 saturated carbocycles. The van der Waals surface area contributed by atoms with Gasteiger partial charge in [-0.2, -0.15) is 0 Å².